The van der Waals surface area contributed by atoms with Gasteiger partial charge in [0.2, 0.25) is 0 Å². The van der Waals surface area contributed by atoms with Crippen molar-refractivity contribution in [1.82, 2.24) is 0 Å². The molecule has 0 radical (unpaired) electrons. The second-order valence-electron chi connectivity index (χ2n) is 10.9. The predicted octanol–water partition coefficient (Wildman–Crippen LogP) is 6.16. The van der Waals surface area contributed by atoms with Crippen LogP contribution in [-0.4, -0.2) is 21.8 Å². The number of hydrogen-bond donors (Lipinski definition) is 0. The molecule has 0 amide bonds. The molecule has 0 spiro atoms. The smallest absolute Gasteiger partial charge is 0.269 e. The highest BCUT2D eigenvalue weighted by Crippen LogP contribution is 2.65. The fourth-order valence-electron chi connectivity index (χ4n) is 7.68. The first-order valence-corrected chi connectivity index (χ1v) is 12.3. The van der Waals surface area contributed by atoms with Crippen LogP contribution in [0.5, 0.6) is 5.75 Å². The van der Waals surface area contributed by atoms with Crippen LogP contribution in [0.3, 0.4) is 0 Å². The van der Waals surface area contributed by atoms with Crippen molar-refractivity contribution in [3.8, 4) is 5.75 Å². The Morgan fingerprint density at radius 2 is 1.88 bits per heavy atom. The Kier molecular flexibility index (Phi) is 5.35. The van der Waals surface area contributed by atoms with Crippen molar-refractivity contribution in [3.05, 3.63) is 34.4 Å². The normalized spacial score (nSPS) is 42.2. The van der Waals surface area contributed by atoms with Crippen molar-refractivity contribution >= 4 is 28.8 Å². The summed E-state index contributed by atoms with van der Waals surface area (Å²) < 4.78 is 0. The monoisotopic (exact) mass is 458 g/mol. The molecule has 7 atom stereocenters. The number of Topliss-reactive ketones (excluding diaryl/α,β-unsaturated/α-hetero) is 1. The van der Waals surface area contributed by atoms with Gasteiger partial charge in [0, 0.05) is 24.0 Å². The number of nitro benzene ring substituents is 1. The Labute approximate surface area is 193 Å². The Balaban J connectivity index is 1.31. The van der Waals surface area contributed by atoms with E-state index in [9.17, 15) is 14.9 Å². The van der Waals surface area contributed by atoms with Crippen molar-refractivity contribution in [1.29, 1.82) is 0 Å². The lowest BCUT2D eigenvalue weighted by Crippen LogP contribution is -2.55. The standard InChI is InChI=1S/C25H31ClN2O4/c1-24-12-11-20-18(19(24)9-10-23(24)29)8-3-15-13-22(21(26)14-25(15,20)2)27-32-17-6-4-16(5-7-17)28(30)31/h4-7,15,18-21H,3,8-14H2,1-2H3/t15-,18-,19-,20-,21+,24-,25-/m0/s1. The van der Waals surface area contributed by atoms with E-state index in [2.05, 4.69) is 19.0 Å². The van der Waals surface area contributed by atoms with Gasteiger partial charge < -0.3 is 4.84 Å². The van der Waals surface area contributed by atoms with Gasteiger partial charge in [0.05, 0.1) is 16.0 Å². The highest BCUT2D eigenvalue weighted by molar-refractivity contribution is 6.32. The minimum atomic E-state index is -0.432. The van der Waals surface area contributed by atoms with Gasteiger partial charge >= 0.3 is 0 Å². The summed E-state index contributed by atoms with van der Waals surface area (Å²) in [7, 11) is 0. The van der Waals surface area contributed by atoms with E-state index in [1.807, 2.05) is 0 Å². The van der Waals surface area contributed by atoms with Gasteiger partial charge in [-0.05, 0) is 86.2 Å². The fraction of sp³-hybridized carbons (Fsp3) is 0.680. The van der Waals surface area contributed by atoms with E-state index in [0.29, 0.717) is 35.2 Å². The highest BCUT2D eigenvalue weighted by atomic mass is 35.5. The van der Waals surface area contributed by atoms with Crippen LogP contribution in [0.2, 0.25) is 0 Å². The Bertz CT molecular complexity index is 963. The molecule has 0 bridgehead atoms. The number of nitrogens with zero attached hydrogens (tertiary/aromatic N) is 2. The number of oxime groups is 1. The third kappa shape index (κ3) is 3.37. The van der Waals surface area contributed by atoms with E-state index in [-0.39, 0.29) is 21.9 Å². The largest absolute Gasteiger partial charge is 0.357 e. The van der Waals surface area contributed by atoms with Crippen molar-refractivity contribution in [2.75, 3.05) is 0 Å². The number of halogens is 1. The number of benzene rings is 1. The van der Waals surface area contributed by atoms with Gasteiger partial charge in [-0.15, -0.1) is 11.6 Å². The van der Waals surface area contributed by atoms with Gasteiger partial charge in [0.1, 0.15) is 5.78 Å². The Morgan fingerprint density at radius 1 is 1.12 bits per heavy atom. The lowest BCUT2D eigenvalue weighted by Gasteiger charge is -2.60. The summed E-state index contributed by atoms with van der Waals surface area (Å²) in [6, 6.07) is 5.95. The number of non-ortho nitro benzene ring substituents is 1. The molecule has 172 valence electrons. The second kappa shape index (κ2) is 7.82. The number of carbonyl (C=O) groups excluding carboxylic acids is 1. The molecule has 7 heteroatoms. The molecule has 0 unspecified atom stereocenters. The van der Waals surface area contributed by atoms with E-state index in [1.54, 1.807) is 12.1 Å². The number of rotatable bonds is 3. The average molecular weight is 459 g/mol. The van der Waals surface area contributed by atoms with Crippen molar-refractivity contribution in [2.45, 2.75) is 70.6 Å². The maximum atomic E-state index is 12.6. The summed E-state index contributed by atoms with van der Waals surface area (Å²) in [4.78, 5) is 28.6. The quantitative estimate of drug-likeness (QED) is 0.308. The molecule has 5 rings (SSSR count). The summed E-state index contributed by atoms with van der Waals surface area (Å²) in [5.74, 6) is 3.30. The molecule has 4 aliphatic carbocycles. The van der Waals surface area contributed by atoms with Gasteiger partial charge in [-0.2, -0.15) is 0 Å². The number of carbonyl (C=O) groups is 1. The zero-order valence-electron chi connectivity index (χ0n) is 18.8. The molecule has 1 aromatic carbocycles. The molecule has 0 saturated heterocycles. The van der Waals surface area contributed by atoms with E-state index in [0.717, 1.165) is 50.7 Å². The number of ketones is 1. The molecule has 6 nitrogen and oxygen atoms in total. The van der Waals surface area contributed by atoms with Gasteiger partial charge in [0.25, 0.3) is 5.69 Å². The van der Waals surface area contributed by atoms with Crippen LogP contribution in [0, 0.1) is 44.6 Å². The predicted molar refractivity (Wildman–Crippen MR) is 123 cm³/mol. The second-order valence-corrected chi connectivity index (χ2v) is 11.4. The number of nitro groups is 1. The topological polar surface area (TPSA) is 81.8 Å². The fourth-order valence-corrected chi connectivity index (χ4v) is 8.14. The molecule has 0 N–H and O–H groups in total. The first-order valence-electron chi connectivity index (χ1n) is 11.9. The van der Waals surface area contributed by atoms with Gasteiger partial charge in [-0.3, -0.25) is 14.9 Å². The minimum absolute atomic E-state index is 0.0259. The van der Waals surface area contributed by atoms with Gasteiger partial charge in [0.15, 0.2) is 5.75 Å². The molecule has 32 heavy (non-hydrogen) atoms. The Morgan fingerprint density at radius 3 is 2.59 bits per heavy atom. The number of hydrogen-bond acceptors (Lipinski definition) is 5. The summed E-state index contributed by atoms with van der Waals surface area (Å²) in [5, 5.41) is 15.0. The molecule has 0 heterocycles. The number of fused-ring (bicyclic) bond motifs is 5. The summed E-state index contributed by atoms with van der Waals surface area (Å²) in [6.45, 7) is 4.65. The molecule has 4 saturated carbocycles. The first kappa shape index (κ1) is 21.9. The van der Waals surface area contributed by atoms with Crippen LogP contribution in [0.1, 0.15) is 65.2 Å². The van der Waals surface area contributed by atoms with E-state index < -0.39 is 4.92 Å². The minimum Gasteiger partial charge on any atom is -0.357 e. The average Bonchev–Trinajstić information content (AvgIpc) is 3.07. The lowest BCUT2D eigenvalue weighted by molar-refractivity contribution is -0.384. The van der Waals surface area contributed by atoms with Gasteiger partial charge in [-0.25, -0.2) is 0 Å². The molecule has 4 aliphatic rings. The van der Waals surface area contributed by atoms with Crippen LogP contribution in [0.15, 0.2) is 29.4 Å². The SMILES string of the molecule is C[C@]12C[C@@H](Cl)C(=NOc3ccc([N+](=O)[O-])cc3)C[C@@H]1CC[C@@H]1[C@@H]2CC[C@]2(C)C(=O)CC[C@@H]12. The van der Waals surface area contributed by atoms with Crippen molar-refractivity contribution in [3.63, 3.8) is 0 Å². The van der Waals surface area contributed by atoms with Gasteiger partial charge in [-0.1, -0.05) is 19.0 Å². The molecule has 0 aliphatic heterocycles. The Hall–Kier alpha value is -1.95. The first-order chi connectivity index (χ1) is 15.2. The summed E-state index contributed by atoms with van der Waals surface area (Å²) >= 11 is 6.86. The molecular weight excluding hydrogens is 428 g/mol. The van der Waals surface area contributed by atoms with Crippen LogP contribution < -0.4 is 4.84 Å². The highest BCUT2D eigenvalue weighted by Gasteiger charge is 2.60. The van der Waals surface area contributed by atoms with Crippen LogP contribution in [-0.2, 0) is 4.79 Å². The zero-order valence-corrected chi connectivity index (χ0v) is 19.5. The van der Waals surface area contributed by atoms with Crippen molar-refractivity contribution < 1.29 is 14.6 Å². The van der Waals surface area contributed by atoms with E-state index in [1.165, 1.54) is 18.6 Å². The zero-order chi connectivity index (χ0) is 22.7. The molecule has 1 aromatic rings. The van der Waals surface area contributed by atoms with E-state index >= 15 is 0 Å². The third-order valence-electron chi connectivity index (χ3n) is 9.53. The van der Waals surface area contributed by atoms with Crippen LogP contribution >= 0.6 is 11.6 Å². The molecule has 4 fully saturated rings. The third-order valence-corrected chi connectivity index (χ3v) is 9.93. The number of alkyl halides is 1. The summed E-state index contributed by atoms with van der Waals surface area (Å²) in [6.07, 6.45) is 8.06. The van der Waals surface area contributed by atoms with Crippen LogP contribution in [0.4, 0.5) is 5.69 Å². The molecular formula is C25H31ClN2O4. The maximum absolute atomic E-state index is 12.6. The molecule has 0 aromatic heterocycles. The lowest BCUT2D eigenvalue weighted by atomic mass is 9.45. The maximum Gasteiger partial charge on any atom is 0.269 e. The summed E-state index contributed by atoms with van der Waals surface area (Å²) in [5.41, 5.74) is 0.986. The van der Waals surface area contributed by atoms with Crippen LogP contribution in [0.25, 0.3) is 0 Å². The van der Waals surface area contributed by atoms with Crippen molar-refractivity contribution in [2.24, 2.45) is 39.7 Å². The van der Waals surface area contributed by atoms with E-state index in [4.69, 9.17) is 16.4 Å².